The minimum atomic E-state index is 0.621. The third-order valence-corrected chi connectivity index (χ3v) is 6.36. The molecule has 6 nitrogen and oxygen atoms in total. The van der Waals surface area contributed by atoms with Gasteiger partial charge in [0.15, 0.2) is 5.82 Å². The van der Waals surface area contributed by atoms with Crippen LogP contribution < -0.4 is 0 Å². The van der Waals surface area contributed by atoms with Crippen molar-refractivity contribution in [2.75, 3.05) is 0 Å². The number of halogens is 1. The molecule has 0 radical (unpaired) electrons. The van der Waals surface area contributed by atoms with Crippen LogP contribution in [0.1, 0.15) is 47.5 Å². The minimum Gasteiger partial charge on any atom is -0.324 e. The van der Waals surface area contributed by atoms with Crippen LogP contribution in [0, 0.1) is 0 Å². The van der Waals surface area contributed by atoms with Crippen LogP contribution in [-0.4, -0.2) is 30.2 Å². The summed E-state index contributed by atoms with van der Waals surface area (Å²) in [5, 5.41) is 16.9. The number of aromatic nitrogens is 6. The second-order valence-corrected chi connectivity index (χ2v) is 8.92. The van der Waals surface area contributed by atoms with Gasteiger partial charge in [-0.1, -0.05) is 55.3 Å². The average Bonchev–Trinajstić information content (AvgIpc) is 3.56. The molecule has 0 aliphatic heterocycles. The molecule has 8 heteroatoms. The lowest BCUT2D eigenvalue weighted by atomic mass is 10.1. The van der Waals surface area contributed by atoms with Gasteiger partial charge in [-0.3, -0.25) is 0 Å². The Morgan fingerprint density at radius 1 is 1.22 bits per heavy atom. The molecule has 32 heavy (non-hydrogen) atoms. The largest absolute Gasteiger partial charge is 0.324 e. The van der Waals surface area contributed by atoms with Crippen LogP contribution in [0.5, 0.6) is 0 Å². The molecule has 0 amide bonds. The summed E-state index contributed by atoms with van der Waals surface area (Å²) in [6.45, 7) is 2.89. The van der Waals surface area contributed by atoms with E-state index in [4.69, 9.17) is 16.6 Å². The lowest BCUT2D eigenvalue weighted by molar-refractivity contribution is 0.675. The number of allylic oxidation sites excluding steroid dienone is 2. The summed E-state index contributed by atoms with van der Waals surface area (Å²) < 4.78 is 2.27. The molecule has 1 aromatic carbocycles. The number of H-pyrrole nitrogens is 1. The van der Waals surface area contributed by atoms with E-state index in [2.05, 4.69) is 67.8 Å². The zero-order valence-corrected chi connectivity index (χ0v) is 19.5. The molecule has 0 bridgehead atoms. The molecule has 0 unspecified atom stereocenters. The van der Waals surface area contributed by atoms with E-state index < -0.39 is 0 Å². The first-order valence-electron chi connectivity index (χ1n) is 10.7. The fraction of sp³-hybridized carbons (Fsp3) is 0.250. The van der Waals surface area contributed by atoms with Gasteiger partial charge in [0, 0.05) is 22.7 Å². The predicted octanol–water partition coefficient (Wildman–Crippen LogP) is 5.84. The van der Waals surface area contributed by atoms with Crippen molar-refractivity contribution in [2.24, 2.45) is 0 Å². The summed E-state index contributed by atoms with van der Waals surface area (Å²) in [4.78, 5) is 6.05. The van der Waals surface area contributed by atoms with Crippen LogP contribution in [-0.2, 0) is 19.4 Å². The third kappa shape index (κ3) is 5.81. The summed E-state index contributed by atoms with van der Waals surface area (Å²) in [5.74, 6) is 1.70. The van der Waals surface area contributed by atoms with Crippen molar-refractivity contribution < 1.29 is 0 Å². The zero-order chi connectivity index (χ0) is 22.2. The highest BCUT2D eigenvalue weighted by Crippen LogP contribution is 2.23. The van der Waals surface area contributed by atoms with E-state index >= 15 is 0 Å². The van der Waals surface area contributed by atoms with E-state index in [1.165, 1.54) is 4.88 Å². The fourth-order valence-electron chi connectivity index (χ4n) is 3.44. The molecular weight excluding hydrogens is 440 g/mol. The number of unbranched alkanes of at least 4 members (excludes halogenated alkanes) is 1. The highest BCUT2D eigenvalue weighted by Gasteiger charge is 2.12. The Labute approximate surface area is 196 Å². The number of thiophene rings is 1. The molecule has 0 saturated heterocycles. The van der Waals surface area contributed by atoms with E-state index in [-0.39, 0.29) is 0 Å². The van der Waals surface area contributed by atoms with Gasteiger partial charge in [0.25, 0.3) is 0 Å². The standard InChI is InChI=1S/C24H25ClN6S/c1-2-3-10-24-26-16-20(31(24)17-19-7-4-5-9-22(19)25)14-18(15-21-8-6-13-32-21)11-12-23-27-29-30-28-23/h4-9,11-14,16H,2-3,10,15,17H2,1H3,(H,27,28,29,30)/b12-11+,18-14-. The van der Waals surface area contributed by atoms with E-state index in [0.717, 1.165) is 53.4 Å². The highest BCUT2D eigenvalue weighted by atomic mass is 35.5. The normalized spacial score (nSPS) is 12.1. The number of tetrazole rings is 1. The van der Waals surface area contributed by atoms with Crippen molar-refractivity contribution in [1.29, 1.82) is 0 Å². The van der Waals surface area contributed by atoms with Crippen molar-refractivity contribution in [2.45, 2.75) is 39.2 Å². The molecule has 0 saturated carbocycles. The van der Waals surface area contributed by atoms with Crippen LogP contribution in [0.2, 0.25) is 5.02 Å². The van der Waals surface area contributed by atoms with Gasteiger partial charge in [0.2, 0.25) is 0 Å². The van der Waals surface area contributed by atoms with E-state index in [1.54, 1.807) is 11.3 Å². The number of aryl methyl sites for hydroxylation is 1. The Bertz CT molecular complexity index is 1180. The van der Waals surface area contributed by atoms with Gasteiger partial charge in [-0.2, -0.15) is 0 Å². The Balaban J connectivity index is 1.70. The maximum Gasteiger partial charge on any atom is 0.172 e. The van der Waals surface area contributed by atoms with Crippen LogP contribution in [0.3, 0.4) is 0 Å². The Hall–Kier alpha value is -3.03. The van der Waals surface area contributed by atoms with Crippen LogP contribution in [0.25, 0.3) is 12.2 Å². The first-order chi connectivity index (χ1) is 15.7. The highest BCUT2D eigenvalue weighted by molar-refractivity contribution is 7.09. The summed E-state index contributed by atoms with van der Waals surface area (Å²) >= 11 is 8.22. The van der Waals surface area contributed by atoms with E-state index in [9.17, 15) is 0 Å². The van der Waals surface area contributed by atoms with E-state index in [0.29, 0.717) is 12.4 Å². The Kier molecular flexibility index (Phi) is 7.64. The number of nitrogens with zero attached hydrogens (tertiary/aromatic N) is 5. The fourth-order valence-corrected chi connectivity index (χ4v) is 4.38. The maximum atomic E-state index is 6.48. The van der Waals surface area contributed by atoms with Crippen LogP contribution in [0.15, 0.2) is 59.6 Å². The molecule has 0 fully saturated rings. The smallest absolute Gasteiger partial charge is 0.172 e. The van der Waals surface area contributed by atoms with Gasteiger partial charge < -0.3 is 4.57 Å². The van der Waals surface area contributed by atoms with Gasteiger partial charge in [-0.05, 0) is 57.6 Å². The first kappa shape index (κ1) is 22.2. The quantitative estimate of drug-likeness (QED) is 0.299. The second-order valence-electron chi connectivity index (χ2n) is 7.48. The average molecular weight is 465 g/mol. The predicted molar refractivity (Wildman–Crippen MR) is 131 cm³/mol. The van der Waals surface area contributed by atoms with Crippen molar-refractivity contribution in [3.8, 4) is 0 Å². The van der Waals surface area contributed by atoms with Gasteiger partial charge in [-0.25, -0.2) is 10.1 Å². The molecule has 4 rings (SSSR count). The van der Waals surface area contributed by atoms with Crippen LogP contribution in [0.4, 0.5) is 0 Å². The summed E-state index contributed by atoms with van der Waals surface area (Å²) in [6, 6.07) is 12.2. The third-order valence-electron chi connectivity index (χ3n) is 5.12. The number of nitrogens with one attached hydrogen (secondary N) is 1. The molecule has 4 aromatic rings. The number of benzene rings is 1. The van der Waals surface area contributed by atoms with Crippen LogP contribution >= 0.6 is 22.9 Å². The van der Waals surface area contributed by atoms with Crippen molar-refractivity contribution in [3.63, 3.8) is 0 Å². The molecule has 0 spiro atoms. The number of hydrogen-bond donors (Lipinski definition) is 1. The molecule has 1 N–H and O–H groups in total. The maximum absolute atomic E-state index is 6.48. The molecule has 164 valence electrons. The Morgan fingerprint density at radius 2 is 2.12 bits per heavy atom. The van der Waals surface area contributed by atoms with E-state index in [1.807, 2.05) is 30.5 Å². The number of rotatable bonds is 10. The molecule has 0 aliphatic rings. The van der Waals surface area contributed by atoms with Gasteiger partial charge >= 0.3 is 0 Å². The second kappa shape index (κ2) is 11.0. The number of hydrogen-bond acceptors (Lipinski definition) is 5. The zero-order valence-electron chi connectivity index (χ0n) is 17.9. The molecular formula is C24H25ClN6S. The lowest BCUT2D eigenvalue weighted by Crippen LogP contribution is -2.08. The van der Waals surface area contributed by atoms with Crippen molar-refractivity contribution in [3.05, 3.63) is 92.4 Å². The van der Waals surface area contributed by atoms with Crippen molar-refractivity contribution >= 4 is 35.1 Å². The van der Waals surface area contributed by atoms with Crippen molar-refractivity contribution in [1.82, 2.24) is 30.2 Å². The Morgan fingerprint density at radius 3 is 2.88 bits per heavy atom. The molecule has 0 aliphatic carbocycles. The summed E-state index contributed by atoms with van der Waals surface area (Å²) in [6.07, 6.45) is 12.1. The monoisotopic (exact) mass is 464 g/mol. The first-order valence-corrected chi connectivity index (χ1v) is 11.9. The molecule has 0 atom stereocenters. The number of imidazole rings is 1. The number of aromatic amines is 1. The topological polar surface area (TPSA) is 72.3 Å². The molecule has 3 heterocycles. The molecule has 3 aromatic heterocycles. The lowest BCUT2D eigenvalue weighted by Gasteiger charge is -2.12. The SMILES string of the molecule is CCCCc1ncc(/C=C(/C=C/c2nnn[nH]2)Cc2cccs2)n1Cc1ccccc1Cl. The van der Waals surface area contributed by atoms with Gasteiger partial charge in [-0.15, -0.1) is 16.4 Å². The van der Waals surface area contributed by atoms with Gasteiger partial charge in [0.05, 0.1) is 18.4 Å². The minimum absolute atomic E-state index is 0.621. The van der Waals surface area contributed by atoms with Gasteiger partial charge in [0.1, 0.15) is 5.82 Å². The summed E-state index contributed by atoms with van der Waals surface area (Å²) in [7, 11) is 0. The summed E-state index contributed by atoms with van der Waals surface area (Å²) in [5.41, 5.74) is 3.29.